The molecule has 2 N–H and O–H groups in total. The van der Waals surface area contributed by atoms with Crippen molar-refractivity contribution in [3.05, 3.63) is 64.1 Å². The number of anilines is 1. The number of halogens is 2. The fraction of sp³-hybridized carbons (Fsp3) is 0.348. The molecular formula is C23H25ClFN3O3. The molecule has 3 rings (SSSR count). The van der Waals surface area contributed by atoms with E-state index in [-0.39, 0.29) is 22.0 Å². The topological polar surface area (TPSA) is 82.5 Å². The van der Waals surface area contributed by atoms with E-state index in [2.05, 4.69) is 10.3 Å². The molecular weight excluding hydrogens is 421 g/mol. The Morgan fingerprint density at radius 1 is 1.29 bits per heavy atom. The average molecular weight is 446 g/mol. The van der Waals surface area contributed by atoms with Gasteiger partial charge in [0.1, 0.15) is 11.6 Å². The molecule has 1 unspecified atom stereocenters. The summed E-state index contributed by atoms with van der Waals surface area (Å²) in [4.78, 5) is 29.9. The molecule has 6 nitrogen and oxygen atoms in total. The van der Waals surface area contributed by atoms with Crippen LogP contribution in [0.2, 0.25) is 5.02 Å². The van der Waals surface area contributed by atoms with Crippen molar-refractivity contribution in [2.24, 2.45) is 5.41 Å². The van der Waals surface area contributed by atoms with Gasteiger partial charge in [-0.05, 0) is 54.7 Å². The summed E-state index contributed by atoms with van der Waals surface area (Å²) in [5, 5.41) is 12.3. The van der Waals surface area contributed by atoms with Crippen LogP contribution >= 0.6 is 11.6 Å². The lowest BCUT2D eigenvalue weighted by molar-refractivity contribution is 0.0724. The minimum Gasteiger partial charge on any atom is -0.465 e. The van der Waals surface area contributed by atoms with Gasteiger partial charge in [0.05, 0.1) is 11.3 Å². The monoisotopic (exact) mass is 445 g/mol. The van der Waals surface area contributed by atoms with Gasteiger partial charge in [-0.25, -0.2) is 14.2 Å². The maximum absolute atomic E-state index is 14.0. The molecule has 1 saturated heterocycles. The maximum atomic E-state index is 14.0. The Kier molecular flexibility index (Phi) is 6.65. The maximum Gasteiger partial charge on any atom is 0.407 e. The molecule has 0 aliphatic carbocycles. The van der Waals surface area contributed by atoms with E-state index in [0.717, 1.165) is 11.6 Å². The van der Waals surface area contributed by atoms with Gasteiger partial charge in [-0.15, -0.1) is 0 Å². The van der Waals surface area contributed by atoms with Crippen molar-refractivity contribution >= 4 is 35.5 Å². The Morgan fingerprint density at radius 3 is 2.68 bits per heavy atom. The highest BCUT2D eigenvalue weighted by molar-refractivity contribution is 6.30. The van der Waals surface area contributed by atoms with E-state index < -0.39 is 17.8 Å². The molecule has 2 amide bonds. The molecule has 1 atom stereocenters. The first-order chi connectivity index (χ1) is 14.5. The normalized spacial score (nSPS) is 18.2. The quantitative estimate of drug-likeness (QED) is 0.635. The lowest BCUT2D eigenvalue weighted by atomic mass is 9.79. The fourth-order valence-electron chi connectivity index (χ4n) is 3.68. The van der Waals surface area contributed by atoms with Crippen molar-refractivity contribution < 1.29 is 19.1 Å². The van der Waals surface area contributed by atoms with Gasteiger partial charge in [-0.3, -0.25) is 4.79 Å². The molecule has 0 spiro atoms. The van der Waals surface area contributed by atoms with E-state index >= 15 is 0 Å². The molecule has 1 aromatic heterocycles. The summed E-state index contributed by atoms with van der Waals surface area (Å²) in [5.41, 5.74) is 1.41. The number of nitrogens with zero attached hydrogens (tertiary/aromatic N) is 2. The largest absolute Gasteiger partial charge is 0.465 e. The zero-order chi connectivity index (χ0) is 22.8. The molecule has 164 valence electrons. The number of amides is 2. The highest BCUT2D eigenvalue weighted by Gasteiger charge is 2.36. The average Bonchev–Trinajstić information content (AvgIpc) is 2.67. The number of nitrogens with one attached hydrogen (secondary N) is 1. The van der Waals surface area contributed by atoms with Crippen molar-refractivity contribution in [2.75, 3.05) is 11.9 Å². The lowest BCUT2D eigenvalue weighted by Gasteiger charge is -2.42. The minimum atomic E-state index is -0.906. The van der Waals surface area contributed by atoms with Crippen LogP contribution in [-0.4, -0.2) is 39.6 Å². The van der Waals surface area contributed by atoms with Crippen LogP contribution in [0.15, 0.2) is 42.0 Å². The molecule has 0 radical (unpaired) electrons. The molecule has 1 aliphatic rings. The second-order valence-electron chi connectivity index (χ2n) is 8.64. The number of piperidine rings is 1. The molecule has 31 heavy (non-hydrogen) atoms. The first-order valence-electron chi connectivity index (χ1n) is 9.97. The van der Waals surface area contributed by atoms with Crippen molar-refractivity contribution in [1.29, 1.82) is 0 Å². The van der Waals surface area contributed by atoms with Gasteiger partial charge >= 0.3 is 6.09 Å². The minimum absolute atomic E-state index is 0.121. The first kappa shape index (κ1) is 22.7. The molecule has 0 saturated carbocycles. The number of carboxylic acid groups (broad SMARTS) is 1. The molecule has 8 heteroatoms. The highest BCUT2D eigenvalue weighted by atomic mass is 35.5. The van der Waals surface area contributed by atoms with E-state index in [0.29, 0.717) is 30.9 Å². The summed E-state index contributed by atoms with van der Waals surface area (Å²) in [6, 6.07) is 8.89. The highest BCUT2D eigenvalue weighted by Crippen LogP contribution is 2.35. The fourth-order valence-corrected chi connectivity index (χ4v) is 3.84. The van der Waals surface area contributed by atoms with Gasteiger partial charge in [-0.2, -0.15) is 0 Å². The van der Waals surface area contributed by atoms with Crippen molar-refractivity contribution in [3.8, 4) is 0 Å². The smallest absolute Gasteiger partial charge is 0.407 e. The molecule has 1 aromatic carbocycles. The Balaban J connectivity index is 1.77. The molecule has 2 aromatic rings. The van der Waals surface area contributed by atoms with Crippen molar-refractivity contribution in [2.45, 2.75) is 39.7 Å². The Bertz CT molecular complexity index is 1030. The lowest BCUT2D eigenvalue weighted by Crippen LogP contribution is -2.50. The summed E-state index contributed by atoms with van der Waals surface area (Å²) in [6.07, 6.45) is 2.25. The Labute approximate surface area is 185 Å². The summed E-state index contributed by atoms with van der Waals surface area (Å²) >= 11 is 5.73. The van der Waals surface area contributed by atoms with Crippen LogP contribution < -0.4 is 5.32 Å². The Hall–Kier alpha value is -2.93. The van der Waals surface area contributed by atoms with Crippen LogP contribution in [0.3, 0.4) is 0 Å². The second kappa shape index (κ2) is 9.06. The molecule has 0 bridgehead atoms. The van der Waals surface area contributed by atoms with Gasteiger partial charge in [0.15, 0.2) is 0 Å². The van der Waals surface area contributed by atoms with Crippen LogP contribution in [0, 0.1) is 11.2 Å². The summed E-state index contributed by atoms with van der Waals surface area (Å²) in [5.74, 6) is -1.03. The van der Waals surface area contributed by atoms with Gasteiger partial charge in [0.2, 0.25) is 0 Å². The van der Waals surface area contributed by atoms with Crippen LogP contribution in [0.4, 0.5) is 15.0 Å². The van der Waals surface area contributed by atoms with E-state index in [9.17, 15) is 19.1 Å². The van der Waals surface area contributed by atoms with Gasteiger partial charge in [0, 0.05) is 17.6 Å². The van der Waals surface area contributed by atoms with E-state index in [1.54, 1.807) is 18.2 Å². The number of benzene rings is 1. The van der Waals surface area contributed by atoms with E-state index in [1.165, 1.54) is 17.0 Å². The number of pyridine rings is 1. The van der Waals surface area contributed by atoms with Crippen LogP contribution in [0.25, 0.3) is 6.08 Å². The third-order valence-corrected chi connectivity index (χ3v) is 5.53. The predicted molar refractivity (Wildman–Crippen MR) is 119 cm³/mol. The van der Waals surface area contributed by atoms with Crippen molar-refractivity contribution in [1.82, 2.24) is 9.88 Å². The van der Waals surface area contributed by atoms with Crippen LogP contribution in [0.5, 0.6) is 0 Å². The number of likely N-dealkylation sites (tertiary alicyclic amines) is 1. The summed E-state index contributed by atoms with van der Waals surface area (Å²) in [7, 11) is 0. The zero-order valence-electron chi connectivity index (χ0n) is 17.7. The van der Waals surface area contributed by atoms with E-state index in [1.807, 2.05) is 26.8 Å². The Morgan fingerprint density at radius 2 is 2.03 bits per heavy atom. The molecule has 1 fully saturated rings. The standard InChI is InChI=1S/C23H25ClFN3O3/c1-23(2,3)19-12-14(9-10-28(19)22(30)31)11-16-5-4-6-20(26-16)27-21(29)17-8-7-15(24)13-18(17)25/h4-8,11,13,19H,9-10,12H2,1-3H3,(H,30,31)(H,26,27,29). The number of hydrogen-bond acceptors (Lipinski definition) is 3. The summed E-state index contributed by atoms with van der Waals surface area (Å²) in [6.45, 7) is 6.51. The molecule has 2 heterocycles. The number of carbonyl (C=O) groups excluding carboxylic acids is 1. The van der Waals surface area contributed by atoms with Crippen LogP contribution in [0.1, 0.15) is 49.7 Å². The number of aromatic nitrogens is 1. The SMILES string of the molecule is CC(C)(C)C1CC(=Cc2cccc(NC(=O)c3ccc(Cl)cc3F)n2)CCN1C(=O)O. The number of rotatable bonds is 3. The van der Waals surface area contributed by atoms with Gasteiger partial charge in [0.25, 0.3) is 5.91 Å². The van der Waals surface area contributed by atoms with Crippen molar-refractivity contribution in [3.63, 3.8) is 0 Å². The van der Waals surface area contributed by atoms with Gasteiger partial charge < -0.3 is 15.3 Å². The van der Waals surface area contributed by atoms with Crippen LogP contribution in [-0.2, 0) is 0 Å². The third kappa shape index (κ3) is 5.61. The first-order valence-corrected chi connectivity index (χ1v) is 10.3. The third-order valence-electron chi connectivity index (χ3n) is 5.29. The second-order valence-corrected chi connectivity index (χ2v) is 9.08. The molecule has 1 aliphatic heterocycles. The zero-order valence-corrected chi connectivity index (χ0v) is 18.4. The summed E-state index contributed by atoms with van der Waals surface area (Å²) < 4.78 is 14.0. The number of carbonyl (C=O) groups is 2. The predicted octanol–water partition coefficient (Wildman–Crippen LogP) is 5.70. The van der Waals surface area contributed by atoms with Gasteiger partial charge in [-0.1, -0.05) is 44.0 Å². The van der Waals surface area contributed by atoms with E-state index in [4.69, 9.17) is 11.6 Å². The number of hydrogen-bond donors (Lipinski definition) is 2.